The lowest BCUT2D eigenvalue weighted by atomic mass is 9.98. The lowest BCUT2D eigenvalue weighted by molar-refractivity contribution is 1.26. The summed E-state index contributed by atoms with van der Waals surface area (Å²) >= 11 is 0. The monoisotopic (exact) mass is 779 g/mol. The molecule has 0 aromatic heterocycles. The van der Waals surface area contributed by atoms with Gasteiger partial charge in [0.2, 0.25) is 0 Å². The van der Waals surface area contributed by atoms with Gasteiger partial charge in [0, 0.05) is 0 Å². The van der Waals surface area contributed by atoms with Crippen molar-refractivity contribution in [1.82, 2.24) is 0 Å². The third kappa shape index (κ3) is 10.9. The zero-order chi connectivity index (χ0) is 43.2. The van der Waals surface area contributed by atoms with Gasteiger partial charge in [0.05, 0.1) is 0 Å². The molecular formula is C59H70. The molecule has 3 aliphatic carbocycles. The van der Waals surface area contributed by atoms with Crippen LogP contribution in [0.5, 0.6) is 0 Å². The van der Waals surface area contributed by atoms with Gasteiger partial charge in [-0.1, -0.05) is 253 Å². The van der Waals surface area contributed by atoms with Crippen molar-refractivity contribution in [2.24, 2.45) is 0 Å². The Bertz CT molecular complexity index is 2400. The Morgan fingerprint density at radius 2 is 0.576 bits per heavy atom. The fraction of sp³-hybridized carbons (Fsp3) is 0.254. The third-order valence-corrected chi connectivity index (χ3v) is 10.1. The minimum absolute atomic E-state index is 1.08. The predicted molar refractivity (Wildman–Crippen MR) is 267 cm³/mol. The molecule has 8 aromatic carbocycles. The topological polar surface area (TPSA) is 0 Å². The number of rotatable bonds is 0. The molecule has 306 valence electrons. The Hall–Kier alpha value is -5.72. The van der Waals surface area contributed by atoms with Crippen LogP contribution in [-0.4, -0.2) is 0 Å². The van der Waals surface area contributed by atoms with Crippen LogP contribution in [0.3, 0.4) is 0 Å². The molecule has 0 aliphatic heterocycles. The zero-order valence-corrected chi connectivity index (χ0v) is 38.3. The fourth-order valence-corrected chi connectivity index (χ4v) is 7.89. The maximum absolute atomic E-state index is 2.28. The van der Waals surface area contributed by atoms with E-state index in [1.54, 1.807) is 0 Å². The van der Waals surface area contributed by atoms with Gasteiger partial charge in [-0.05, 0) is 108 Å². The van der Waals surface area contributed by atoms with Crippen molar-refractivity contribution in [2.75, 3.05) is 0 Å². The Morgan fingerprint density at radius 3 is 1.10 bits per heavy atom. The van der Waals surface area contributed by atoms with Crippen LogP contribution in [0.4, 0.5) is 0 Å². The van der Waals surface area contributed by atoms with Gasteiger partial charge in [-0.2, -0.15) is 0 Å². The van der Waals surface area contributed by atoms with Crippen LogP contribution >= 0.6 is 0 Å². The number of fused-ring (bicyclic) bond motifs is 13. The minimum Gasteiger partial charge on any atom is -0.0683 e. The van der Waals surface area contributed by atoms with E-state index in [-0.39, 0.29) is 0 Å². The SMILES string of the molecule is CC.CC.CC.CC.CC.CC.c1ccc2c(c1)Cc1c-2ccc2ccccc12.c1ccc2c(c1)Cc1ccc3ccccc3c1-2.c1ccc2c(c1)Cc1ccccc1-2. The number of hydrogen-bond donors (Lipinski definition) is 0. The molecule has 0 amide bonds. The summed E-state index contributed by atoms with van der Waals surface area (Å²) in [7, 11) is 0. The Balaban J connectivity index is 0.000000211. The van der Waals surface area contributed by atoms with Crippen LogP contribution < -0.4 is 0 Å². The average Bonchev–Trinajstić information content (AvgIpc) is 4.05. The van der Waals surface area contributed by atoms with Crippen LogP contribution in [0.25, 0.3) is 54.9 Å². The Labute approximate surface area is 359 Å². The summed E-state index contributed by atoms with van der Waals surface area (Å²) in [6.45, 7) is 24.0. The lowest BCUT2D eigenvalue weighted by Crippen LogP contribution is -1.83. The molecule has 0 heterocycles. The quantitative estimate of drug-likeness (QED) is 0.144. The highest BCUT2D eigenvalue weighted by molar-refractivity contribution is 6.01. The summed E-state index contributed by atoms with van der Waals surface area (Å²) in [5.74, 6) is 0. The molecule has 8 aromatic rings. The maximum atomic E-state index is 2.28. The molecule has 3 aliphatic rings. The van der Waals surface area contributed by atoms with Crippen LogP contribution in [0, 0.1) is 0 Å². The van der Waals surface area contributed by atoms with Crippen molar-refractivity contribution < 1.29 is 0 Å². The molecule has 11 rings (SSSR count). The minimum atomic E-state index is 1.08. The van der Waals surface area contributed by atoms with Gasteiger partial charge < -0.3 is 0 Å². The van der Waals surface area contributed by atoms with Crippen LogP contribution in [0.1, 0.15) is 116 Å². The van der Waals surface area contributed by atoms with Crippen LogP contribution in [0.2, 0.25) is 0 Å². The van der Waals surface area contributed by atoms with Crippen molar-refractivity contribution in [3.63, 3.8) is 0 Å². The first-order valence-electron chi connectivity index (χ1n) is 22.7. The van der Waals surface area contributed by atoms with Gasteiger partial charge in [0.15, 0.2) is 0 Å². The predicted octanol–water partition coefficient (Wildman–Crippen LogP) is 18.2. The van der Waals surface area contributed by atoms with Crippen LogP contribution in [0.15, 0.2) is 170 Å². The van der Waals surface area contributed by atoms with E-state index in [0.29, 0.717) is 0 Å². The second-order valence-corrected chi connectivity index (χ2v) is 12.8. The van der Waals surface area contributed by atoms with Crippen molar-refractivity contribution in [3.8, 4) is 33.4 Å². The standard InChI is InChI=1S/2C17H12.C13H10.6C2H6/c1-3-7-15-12(5-1)9-10-14-11-13-6-2-4-8-16(13)17(14)15;1-3-7-14-12(5-1)9-10-16-15-8-4-2-6-13(15)11-17(14)16;1-3-7-12-10(5-1)9-11-6-2-4-8-13(11)12;6*1-2/h2*1-10H,11H2;1-8H,9H2;6*1-2H3. The molecule has 0 saturated carbocycles. The molecule has 0 bridgehead atoms. The molecule has 0 atom stereocenters. The van der Waals surface area contributed by atoms with E-state index in [2.05, 4.69) is 170 Å². The van der Waals surface area contributed by atoms with Crippen molar-refractivity contribution in [3.05, 3.63) is 203 Å². The van der Waals surface area contributed by atoms with Crippen molar-refractivity contribution in [2.45, 2.75) is 102 Å². The zero-order valence-electron chi connectivity index (χ0n) is 38.3. The van der Waals surface area contributed by atoms with E-state index in [4.69, 9.17) is 0 Å². The average molecular weight is 779 g/mol. The van der Waals surface area contributed by atoms with E-state index in [0.717, 1.165) is 19.3 Å². The third-order valence-electron chi connectivity index (χ3n) is 10.1. The summed E-state index contributed by atoms with van der Waals surface area (Å²) in [5.41, 5.74) is 17.3. The van der Waals surface area contributed by atoms with E-state index in [1.807, 2.05) is 83.1 Å². The summed E-state index contributed by atoms with van der Waals surface area (Å²) in [4.78, 5) is 0. The van der Waals surface area contributed by atoms with Crippen LogP contribution in [-0.2, 0) is 19.3 Å². The van der Waals surface area contributed by atoms with E-state index in [9.17, 15) is 0 Å². The lowest BCUT2D eigenvalue weighted by Gasteiger charge is -2.06. The normalized spacial score (nSPS) is 10.5. The summed E-state index contributed by atoms with van der Waals surface area (Å²) in [5, 5.41) is 5.47. The Morgan fingerprint density at radius 1 is 0.237 bits per heavy atom. The first kappa shape index (κ1) is 47.7. The summed E-state index contributed by atoms with van der Waals surface area (Å²) in [6, 6.07) is 61.1. The molecule has 0 N–H and O–H groups in total. The molecule has 59 heavy (non-hydrogen) atoms. The highest BCUT2D eigenvalue weighted by Gasteiger charge is 2.21. The first-order chi connectivity index (χ1) is 29.3. The van der Waals surface area contributed by atoms with E-state index in [1.165, 1.54) is 88.3 Å². The Kier molecular flexibility index (Phi) is 20.7. The molecule has 0 unspecified atom stereocenters. The molecule has 0 saturated heterocycles. The fourth-order valence-electron chi connectivity index (χ4n) is 7.89. The molecule has 0 spiro atoms. The van der Waals surface area contributed by atoms with Crippen molar-refractivity contribution >= 4 is 21.5 Å². The molecular weight excluding hydrogens is 709 g/mol. The van der Waals surface area contributed by atoms with Gasteiger partial charge in [-0.25, -0.2) is 0 Å². The molecule has 0 nitrogen and oxygen atoms in total. The second kappa shape index (κ2) is 25.6. The van der Waals surface area contributed by atoms with Crippen molar-refractivity contribution in [1.29, 1.82) is 0 Å². The van der Waals surface area contributed by atoms with Gasteiger partial charge in [-0.15, -0.1) is 0 Å². The first-order valence-corrected chi connectivity index (χ1v) is 22.7. The summed E-state index contributed by atoms with van der Waals surface area (Å²) < 4.78 is 0. The van der Waals surface area contributed by atoms with Gasteiger partial charge in [0.25, 0.3) is 0 Å². The highest BCUT2D eigenvalue weighted by atomic mass is 14.2. The van der Waals surface area contributed by atoms with E-state index >= 15 is 0 Å². The largest absolute Gasteiger partial charge is 0.0683 e. The molecule has 0 heteroatoms. The van der Waals surface area contributed by atoms with Gasteiger partial charge >= 0.3 is 0 Å². The van der Waals surface area contributed by atoms with E-state index < -0.39 is 0 Å². The highest BCUT2D eigenvalue weighted by Crippen LogP contribution is 2.42. The van der Waals surface area contributed by atoms with Gasteiger partial charge in [-0.3, -0.25) is 0 Å². The number of hydrogen-bond acceptors (Lipinski definition) is 0. The summed E-state index contributed by atoms with van der Waals surface area (Å²) in [6.07, 6.45) is 3.26. The molecule has 0 fully saturated rings. The van der Waals surface area contributed by atoms with Gasteiger partial charge in [0.1, 0.15) is 0 Å². The maximum Gasteiger partial charge on any atom is -0.000729 e. The second-order valence-electron chi connectivity index (χ2n) is 12.8. The smallest absolute Gasteiger partial charge is 0.000729 e. The number of benzene rings is 8. The molecule has 0 radical (unpaired) electrons.